The molecule has 26 heavy (non-hydrogen) atoms. The Morgan fingerprint density at radius 2 is 1.88 bits per heavy atom. The predicted octanol–water partition coefficient (Wildman–Crippen LogP) is 1.72. The molecule has 1 fully saturated rings. The fourth-order valence-electron chi connectivity index (χ4n) is 3.16. The molecular formula is C17H19N3O5S. The molecule has 2 atom stereocenters. The molecule has 1 saturated heterocycles. The fraction of sp³-hybridized carbons (Fsp3) is 0.294. The minimum atomic E-state index is -3.89. The van der Waals surface area contributed by atoms with Gasteiger partial charge >= 0.3 is 0 Å². The van der Waals surface area contributed by atoms with Gasteiger partial charge in [-0.25, -0.2) is 8.42 Å². The number of sulfonamides is 1. The standard InChI is InChI=1S/C17H19N3O5S/c1-25-16-9-13(20(21)22)7-8-17(16)26(23,24)19-10-14(15(18)11-19)12-5-3-2-4-6-12/h2-9,14-15H,10-11,18H2,1H3/t14-,15+/m0/s1. The second-order valence-electron chi connectivity index (χ2n) is 6.10. The summed E-state index contributed by atoms with van der Waals surface area (Å²) in [6, 6.07) is 12.6. The van der Waals surface area contributed by atoms with Gasteiger partial charge in [0.1, 0.15) is 10.6 Å². The SMILES string of the molecule is COc1cc([N+](=O)[O-])ccc1S(=O)(=O)N1C[C@@H](N)[C@H](c2ccccc2)C1. The number of methoxy groups -OCH3 is 1. The van der Waals surface area contributed by atoms with Crippen molar-refractivity contribution in [1.82, 2.24) is 4.31 Å². The molecule has 0 aromatic heterocycles. The number of hydrogen-bond acceptors (Lipinski definition) is 6. The van der Waals surface area contributed by atoms with E-state index in [0.717, 1.165) is 17.7 Å². The van der Waals surface area contributed by atoms with Gasteiger partial charge in [-0.15, -0.1) is 0 Å². The average Bonchev–Trinajstić information content (AvgIpc) is 3.04. The van der Waals surface area contributed by atoms with Crippen molar-refractivity contribution in [3.63, 3.8) is 0 Å². The maximum absolute atomic E-state index is 13.0. The largest absolute Gasteiger partial charge is 0.495 e. The molecule has 1 aliphatic heterocycles. The lowest BCUT2D eigenvalue weighted by Crippen LogP contribution is -2.32. The maximum Gasteiger partial charge on any atom is 0.273 e. The van der Waals surface area contributed by atoms with Gasteiger partial charge in [0.2, 0.25) is 10.0 Å². The number of ether oxygens (including phenoxy) is 1. The van der Waals surface area contributed by atoms with Crippen LogP contribution in [-0.4, -0.2) is 43.9 Å². The van der Waals surface area contributed by atoms with E-state index in [2.05, 4.69) is 0 Å². The van der Waals surface area contributed by atoms with Crippen LogP contribution >= 0.6 is 0 Å². The van der Waals surface area contributed by atoms with E-state index in [1.54, 1.807) is 0 Å². The first-order valence-corrected chi connectivity index (χ1v) is 9.41. The van der Waals surface area contributed by atoms with Crippen molar-refractivity contribution >= 4 is 15.7 Å². The van der Waals surface area contributed by atoms with Crippen LogP contribution in [0.3, 0.4) is 0 Å². The lowest BCUT2D eigenvalue weighted by Gasteiger charge is -2.18. The van der Waals surface area contributed by atoms with E-state index >= 15 is 0 Å². The summed E-state index contributed by atoms with van der Waals surface area (Å²) >= 11 is 0. The van der Waals surface area contributed by atoms with Crippen LogP contribution in [0.1, 0.15) is 11.5 Å². The summed E-state index contributed by atoms with van der Waals surface area (Å²) in [7, 11) is -2.61. The third-order valence-corrected chi connectivity index (χ3v) is 6.41. The Kier molecular flexibility index (Phi) is 4.94. The van der Waals surface area contributed by atoms with Crippen molar-refractivity contribution in [1.29, 1.82) is 0 Å². The van der Waals surface area contributed by atoms with Crippen LogP contribution in [0.5, 0.6) is 5.75 Å². The normalized spacial score (nSPS) is 20.8. The second-order valence-corrected chi connectivity index (χ2v) is 8.00. The Hall–Kier alpha value is -2.49. The molecule has 0 spiro atoms. The summed E-state index contributed by atoms with van der Waals surface area (Å²) in [6.45, 7) is 0.412. The van der Waals surface area contributed by atoms with Gasteiger partial charge in [-0.05, 0) is 11.6 Å². The monoisotopic (exact) mass is 377 g/mol. The number of hydrogen-bond donors (Lipinski definition) is 1. The second kappa shape index (κ2) is 7.02. The van der Waals surface area contributed by atoms with Gasteiger partial charge < -0.3 is 10.5 Å². The Balaban J connectivity index is 1.93. The van der Waals surface area contributed by atoms with Crippen LogP contribution in [0.25, 0.3) is 0 Å². The van der Waals surface area contributed by atoms with E-state index in [1.165, 1.54) is 17.5 Å². The van der Waals surface area contributed by atoms with Crippen molar-refractivity contribution in [2.75, 3.05) is 20.2 Å². The van der Waals surface area contributed by atoms with E-state index in [9.17, 15) is 18.5 Å². The minimum absolute atomic E-state index is 0.0593. The number of nitro benzene ring substituents is 1. The summed E-state index contributed by atoms with van der Waals surface area (Å²) in [6.07, 6.45) is 0. The van der Waals surface area contributed by atoms with Gasteiger partial charge in [0.25, 0.3) is 5.69 Å². The van der Waals surface area contributed by atoms with E-state index in [-0.39, 0.29) is 41.4 Å². The first kappa shape index (κ1) is 18.3. The summed E-state index contributed by atoms with van der Waals surface area (Å²) < 4.78 is 32.5. The van der Waals surface area contributed by atoms with Gasteiger partial charge in [0.15, 0.2) is 0 Å². The number of nitrogens with two attached hydrogens (primary N) is 1. The van der Waals surface area contributed by atoms with Gasteiger partial charge in [-0.3, -0.25) is 10.1 Å². The van der Waals surface area contributed by atoms with Crippen molar-refractivity contribution < 1.29 is 18.1 Å². The summed E-state index contributed by atoms with van der Waals surface area (Å²) in [5.41, 5.74) is 6.93. The number of nitrogens with zero attached hydrogens (tertiary/aromatic N) is 2. The smallest absolute Gasteiger partial charge is 0.273 e. The van der Waals surface area contributed by atoms with Crippen LogP contribution in [0.15, 0.2) is 53.4 Å². The lowest BCUT2D eigenvalue weighted by molar-refractivity contribution is -0.385. The first-order valence-electron chi connectivity index (χ1n) is 7.97. The summed E-state index contributed by atoms with van der Waals surface area (Å²) in [4.78, 5) is 10.2. The highest BCUT2D eigenvalue weighted by Crippen LogP contribution is 2.35. The third kappa shape index (κ3) is 3.28. The molecule has 0 radical (unpaired) electrons. The van der Waals surface area contributed by atoms with Gasteiger partial charge in [-0.2, -0.15) is 4.31 Å². The zero-order valence-corrected chi connectivity index (χ0v) is 14.9. The molecular weight excluding hydrogens is 358 g/mol. The average molecular weight is 377 g/mol. The molecule has 8 nitrogen and oxygen atoms in total. The molecule has 0 unspecified atom stereocenters. The molecule has 2 aromatic carbocycles. The molecule has 0 saturated carbocycles. The van der Waals surface area contributed by atoms with E-state index < -0.39 is 14.9 Å². The Bertz CT molecular complexity index is 917. The highest BCUT2D eigenvalue weighted by atomic mass is 32.2. The van der Waals surface area contributed by atoms with Crippen LogP contribution in [0.2, 0.25) is 0 Å². The highest BCUT2D eigenvalue weighted by molar-refractivity contribution is 7.89. The molecule has 1 heterocycles. The predicted molar refractivity (Wildman–Crippen MR) is 95.6 cm³/mol. The molecule has 9 heteroatoms. The quantitative estimate of drug-likeness (QED) is 0.626. The number of nitro groups is 1. The Morgan fingerprint density at radius 3 is 2.50 bits per heavy atom. The van der Waals surface area contributed by atoms with Crippen LogP contribution in [-0.2, 0) is 10.0 Å². The number of benzene rings is 2. The van der Waals surface area contributed by atoms with Crippen molar-refractivity contribution in [2.24, 2.45) is 5.73 Å². The van der Waals surface area contributed by atoms with E-state index in [4.69, 9.17) is 10.5 Å². The molecule has 2 aromatic rings. The molecule has 0 amide bonds. The van der Waals surface area contributed by atoms with Gasteiger partial charge in [0, 0.05) is 31.1 Å². The van der Waals surface area contributed by atoms with Crippen molar-refractivity contribution in [2.45, 2.75) is 16.9 Å². The number of rotatable bonds is 5. The highest BCUT2D eigenvalue weighted by Gasteiger charge is 2.39. The van der Waals surface area contributed by atoms with Gasteiger partial charge in [0.05, 0.1) is 18.1 Å². The Labute approximate surface area is 151 Å². The molecule has 0 aliphatic carbocycles. The van der Waals surface area contributed by atoms with Crippen LogP contribution in [0.4, 0.5) is 5.69 Å². The molecule has 0 bridgehead atoms. The van der Waals surface area contributed by atoms with Crippen LogP contribution < -0.4 is 10.5 Å². The zero-order valence-electron chi connectivity index (χ0n) is 14.1. The minimum Gasteiger partial charge on any atom is -0.495 e. The number of non-ortho nitro benzene ring substituents is 1. The maximum atomic E-state index is 13.0. The zero-order chi connectivity index (χ0) is 18.9. The molecule has 1 aliphatic rings. The van der Waals surface area contributed by atoms with Crippen molar-refractivity contribution in [3.05, 3.63) is 64.2 Å². The first-order chi connectivity index (χ1) is 12.3. The van der Waals surface area contributed by atoms with E-state index in [0.29, 0.717) is 0 Å². The van der Waals surface area contributed by atoms with Gasteiger partial charge in [-0.1, -0.05) is 30.3 Å². The summed E-state index contributed by atoms with van der Waals surface area (Å²) in [5.74, 6) is -0.175. The third-order valence-electron chi connectivity index (χ3n) is 4.54. The Morgan fingerprint density at radius 1 is 1.19 bits per heavy atom. The van der Waals surface area contributed by atoms with Crippen molar-refractivity contribution in [3.8, 4) is 5.75 Å². The topological polar surface area (TPSA) is 116 Å². The molecule has 2 N–H and O–H groups in total. The van der Waals surface area contributed by atoms with E-state index in [1.807, 2.05) is 30.3 Å². The summed E-state index contributed by atoms with van der Waals surface area (Å²) in [5, 5.41) is 10.9. The fourth-order valence-corrected chi connectivity index (χ4v) is 4.80. The lowest BCUT2D eigenvalue weighted by atomic mass is 9.95. The molecule has 138 valence electrons. The molecule has 3 rings (SSSR count). The van der Waals surface area contributed by atoms with Crippen LogP contribution in [0, 0.1) is 10.1 Å².